The summed E-state index contributed by atoms with van der Waals surface area (Å²) in [5.74, 6) is 0.118. The molecule has 0 bridgehead atoms. The number of amides is 1. The number of carbonyl (C=O) groups is 1. The van der Waals surface area contributed by atoms with Crippen molar-refractivity contribution in [1.29, 1.82) is 0 Å². The number of aryl methyl sites for hydroxylation is 1. The van der Waals surface area contributed by atoms with Crippen LogP contribution in [0.3, 0.4) is 0 Å². The van der Waals surface area contributed by atoms with Gasteiger partial charge in [0.25, 0.3) is 15.9 Å². The van der Waals surface area contributed by atoms with Gasteiger partial charge in [0.05, 0.1) is 15.6 Å². The van der Waals surface area contributed by atoms with Gasteiger partial charge in [0.15, 0.2) is 6.61 Å². The highest BCUT2D eigenvalue weighted by atomic mass is 35.5. The molecule has 3 aromatic rings. The predicted molar refractivity (Wildman–Crippen MR) is 147 cm³/mol. The van der Waals surface area contributed by atoms with E-state index < -0.39 is 10.0 Å². The van der Waals surface area contributed by atoms with E-state index in [4.69, 9.17) is 27.9 Å². The lowest BCUT2D eigenvalue weighted by molar-refractivity contribution is -0.133. The minimum Gasteiger partial charge on any atom is -0.482 e. The van der Waals surface area contributed by atoms with Gasteiger partial charge in [-0.05, 0) is 60.9 Å². The molecule has 1 saturated heterocycles. The highest BCUT2D eigenvalue weighted by molar-refractivity contribution is 7.92. The maximum absolute atomic E-state index is 13.3. The van der Waals surface area contributed by atoms with Crippen LogP contribution in [0.4, 0.5) is 11.4 Å². The van der Waals surface area contributed by atoms with Crippen molar-refractivity contribution >= 4 is 50.5 Å². The van der Waals surface area contributed by atoms with Crippen molar-refractivity contribution in [3.63, 3.8) is 0 Å². The first-order valence-corrected chi connectivity index (χ1v) is 14.3. The number of hydrogen-bond donors (Lipinski definition) is 0. The number of fused-ring (bicyclic) bond motifs is 1. The van der Waals surface area contributed by atoms with Gasteiger partial charge in [-0.25, -0.2) is 8.42 Å². The van der Waals surface area contributed by atoms with Gasteiger partial charge in [-0.15, -0.1) is 0 Å². The lowest BCUT2D eigenvalue weighted by Gasteiger charge is -2.36. The van der Waals surface area contributed by atoms with Gasteiger partial charge in [0.2, 0.25) is 0 Å². The van der Waals surface area contributed by atoms with Crippen LogP contribution in [-0.4, -0.2) is 58.6 Å². The minimum absolute atomic E-state index is 0.0836. The second-order valence-electron chi connectivity index (χ2n) is 9.14. The van der Waals surface area contributed by atoms with Crippen LogP contribution in [0.5, 0.6) is 5.75 Å². The Balaban J connectivity index is 1.19. The van der Waals surface area contributed by atoms with E-state index in [2.05, 4.69) is 4.90 Å². The van der Waals surface area contributed by atoms with Gasteiger partial charge in [-0.1, -0.05) is 47.5 Å². The highest BCUT2D eigenvalue weighted by Gasteiger charge is 2.31. The largest absolute Gasteiger partial charge is 0.482 e. The summed E-state index contributed by atoms with van der Waals surface area (Å²) in [6.45, 7) is 4.77. The molecule has 2 heterocycles. The van der Waals surface area contributed by atoms with Crippen LogP contribution in [-0.2, 0) is 21.2 Å². The van der Waals surface area contributed by atoms with Crippen LogP contribution in [0.15, 0.2) is 65.6 Å². The zero-order valence-corrected chi connectivity index (χ0v) is 22.7. The smallest absolute Gasteiger partial charge is 0.264 e. The third kappa shape index (κ3) is 5.23. The van der Waals surface area contributed by atoms with Crippen LogP contribution in [0, 0.1) is 6.92 Å². The standard InChI is InChI=1S/C27H27Cl2N3O4S/c1-19-6-7-21(28)16-25(19)30-12-14-31(15-13-30)27(33)18-36-26-9-8-22(17-23(26)29)37(34,35)32-11-10-20-4-2-3-5-24(20)32/h2-9,16-17H,10-15,18H2,1H3. The second-order valence-corrected chi connectivity index (χ2v) is 11.8. The number of para-hydroxylation sites is 1. The Kier molecular flexibility index (Phi) is 7.25. The molecule has 2 aliphatic heterocycles. The molecule has 0 aliphatic carbocycles. The number of halogens is 2. The van der Waals surface area contributed by atoms with Crippen molar-refractivity contribution < 1.29 is 17.9 Å². The van der Waals surface area contributed by atoms with Crippen molar-refractivity contribution in [1.82, 2.24) is 4.90 Å². The first kappa shape index (κ1) is 25.7. The molecule has 194 valence electrons. The number of ether oxygens (including phenoxy) is 1. The number of piperazine rings is 1. The number of nitrogens with zero attached hydrogens (tertiary/aromatic N) is 3. The fourth-order valence-electron chi connectivity index (χ4n) is 4.79. The van der Waals surface area contributed by atoms with Gasteiger partial charge in [-0.3, -0.25) is 9.10 Å². The lowest BCUT2D eigenvalue weighted by Crippen LogP contribution is -2.50. The number of hydrogen-bond acceptors (Lipinski definition) is 5. The average Bonchev–Trinajstić information content (AvgIpc) is 3.34. The quantitative estimate of drug-likeness (QED) is 0.434. The molecular formula is C27H27Cl2N3O4S. The summed E-state index contributed by atoms with van der Waals surface area (Å²) in [6.07, 6.45) is 0.666. The fraction of sp³-hybridized carbons (Fsp3) is 0.296. The van der Waals surface area contributed by atoms with Crippen molar-refractivity contribution in [2.45, 2.75) is 18.2 Å². The molecule has 1 fully saturated rings. The van der Waals surface area contributed by atoms with Crippen LogP contribution >= 0.6 is 23.2 Å². The van der Waals surface area contributed by atoms with Crippen molar-refractivity contribution in [2.75, 3.05) is 48.5 Å². The number of anilines is 2. The summed E-state index contributed by atoms with van der Waals surface area (Å²) in [4.78, 5) is 16.8. The molecule has 0 N–H and O–H groups in total. The van der Waals surface area contributed by atoms with Crippen molar-refractivity contribution in [2.24, 2.45) is 0 Å². The van der Waals surface area contributed by atoms with Crippen molar-refractivity contribution in [3.8, 4) is 5.75 Å². The molecule has 7 nitrogen and oxygen atoms in total. The first-order chi connectivity index (χ1) is 17.7. The summed E-state index contributed by atoms with van der Waals surface area (Å²) in [6, 6.07) is 17.6. The third-order valence-corrected chi connectivity index (χ3v) is 9.17. The molecule has 0 radical (unpaired) electrons. The van der Waals surface area contributed by atoms with Crippen molar-refractivity contribution in [3.05, 3.63) is 81.8 Å². The summed E-state index contributed by atoms with van der Waals surface area (Å²) in [5, 5.41) is 0.830. The predicted octanol–water partition coefficient (Wildman–Crippen LogP) is 4.78. The van der Waals surface area contributed by atoms with E-state index in [1.165, 1.54) is 22.5 Å². The summed E-state index contributed by atoms with van der Waals surface area (Å²) in [5.41, 5.74) is 3.91. The maximum Gasteiger partial charge on any atom is 0.264 e. The lowest BCUT2D eigenvalue weighted by atomic mass is 10.1. The van der Waals surface area contributed by atoms with Gasteiger partial charge in [0.1, 0.15) is 5.75 Å². The van der Waals surface area contributed by atoms with Gasteiger partial charge < -0.3 is 14.5 Å². The molecule has 0 saturated carbocycles. The van der Waals surface area contributed by atoms with E-state index in [-0.39, 0.29) is 28.2 Å². The monoisotopic (exact) mass is 559 g/mol. The average molecular weight is 561 g/mol. The van der Waals surface area contributed by atoms with E-state index in [1.54, 1.807) is 11.0 Å². The Morgan fingerprint density at radius 2 is 1.68 bits per heavy atom. The van der Waals surface area contributed by atoms with E-state index in [0.29, 0.717) is 49.9 Å². The summed E-state index contributed by atoms with van der Waals surface area (Å²) in [7, 11) is -3.77. The molecule has 0 unspecified atom stereocenters. The Hall–Kier alpha value is -2.94. The topological polar surface area (TPSA) is 70.2 Å². The van der Waals surface area contributed by atoms with E-state index in [0.717, 1.165) is 16.8 Å². The molecule has 5 rings (SSSR count). The molecule has 37 heavy (non-hydrogen) atoms. The molecule has 2 aliphatic rings. The van der Waals surface area contributed by atoms with Gasteiger partial charge in [-0.2, -0.15) is 0 Å². The number of rotatable bonds is 6. The third-order valence-electron chi connectivity index (χ3n) is 6.83. The van der Waals surface area contributed by atoms with Crippen LogP contribution in [0.2, 0.25) is 10.0 Å². The Bertz CT molecular complexity index is 1440. The SMILES string of the molecule is Cc1ccc(Cl)cc1N1CCN(C(=O)COc2ccc(S(=O)(=O)N3CCc4ccccc43)cc2Cl)CC1. The second kappa shape index (κ2) is 10.4. The molecule has 3 aromatic carbocycles. The van der Waals surface area contributed by atoms with Crippen LogP contribution in [0.1, 0.15) is 11.1 Å². The van der Waals surface area contributed by atoms with Gasteiger partial charge >= 0.3 is 0 Å². The number of carbonyl (C=O) groups excluding carboxylic acids is 1. The van der Waals surface area contributed by atoms with E-state index in [1.807, 2.05) is 43.3 Å². The summed E-state index contributed by atoms with van der Waals surface area (Å²) < 4.78 is 33.6. The Labute approximate surface area is 227 Å². The molecule has 0 aromatic heterocycles. The Morgan fingerprint density at radius 3 is 2.43 bits per heavy atom. The maximum atomic E-state index is 13.3. The highest BCUT2D eigenvalue weighted by Crippen LogP contribution is 2.35. The molecule has 10 heteroatoms. The van der Waals surface area contributed by atoms with E-state index >= 15 is 0 Å². The summed E-state index contributed by atoms with van der Waals surface area (Å²) >= 11 is 12.5. The Morgan fingerprint density at radius 1 is 0.919 bits per heavy atom. The van der Waals surface area contributed by atoms with Gasteiger partial charge in [0, 0.05) is 43.4 Å². The number of sulfonamides is 1. The fourth-order valence-corrected chi connectivity index (χ4v) is 6.79. The molecular weight excluding hydrogens is 533 g/mol. The molecule has 0 atom stereocenters. The van der Waals surface area contributed by atoms with Crippen LogP contribution < -0.4 is 13.9 Å². The zero-order chi connectivity index (χ0) is 26.2. The zero-order valence-electron chi connectivity index (χ0n) is 20.4. The normalized spacial score (nSPS) is 15.6. The number of benzene rings is 3. The molecule has 1 amide bonds. The first-order valence-electron chi connectivity index (χ1n) is 12.1. The minimum atomic E-state index is -3.77. The van der Waals surface area contributed by atoms with E-state index in [9.17, 15) is 13.2 Å². The molecule has 0 spiro atoms. The van der Waals surface area contributed by atoms with Crippen LogP contribution in [0.25, 0.3) is 0 Å².